The number of methoxy groups -OCH3 is 1. The van der Waals surface area contributed by atoms with E-state index in [1.165, 1.54) is 0 Å². The van der Waals surface area contributed by atoms with Crippen LogP contribution < -0.4 is 10.1 Å². The summed E-state index contributed by atoms with van der Waals surface area (Å²) in [5.74, 6) is 0.952. The average Bonchev–Trinajstić information content (AvgIpc) is 2.89. The van der Waals surface area contributed by atoms with E-state index >= 15 is 0 Å². The molecule has 2 aromatic rings. The monoisotopic (exact) mass is 313 g/mol. The Balaban J connectivity index is 1.93. The van der Waals surface area contributed by atoms with Crippen molar-refractivity contribution in [3.05, 3.63) is 47.3 Å². The topological polar surface area (TPSA) is 46.5 Å². The van der Waals surface area contributed by atoms with E-state index in [-0.39, 0.29) is 5.91 Å². The van der Waals surface area contributed by atoms with Crippen LogP contribution >= 0.6 is 0 Å². The van der Waals surface area contributed by atoms with Crippen molar-refractivity contribution in [1.29, 1.82) is 0 Å². The number of rotatable bonds is 3. The lowest BCUT2D eigenvalue weighted by molar-refractivity contribution is 0.0735. The molecule has 0 bridgehead atoms. The molecule has 1 N–H and O–H groups in total. The Labute approximate surface area is 136 Å². The molecule has 1 fully saturated rings. The lowest BCUT2D eigenvalue weighted by Gasteiger charge is -2.27. The number of aryl methyl sites for hydroxylation is 1. The Hall–Kier alpha value is -2.27. The average molecular weight is 313 g/mol. The number of benzene rings is 1. The highest BCUT2D eigenvalue weighted by molar-refractivity contribution is 5.96. The summed E-state index contributed by atoms with van der Waals surface area (Å²) in [5.41, 5.74) is 3.88. The van der Waals surface area contributed by atoms with Crippen molar-refractivity contribution in [2.45, 2.75) is 13.8 Å². The highest BCUT2D eigenvalue weighted by Crippen LogP contribution is 2.23. The van der Waals surface area contributed by atoms with Gasteiger partial charge in [-0.2, -0.15) is 0 Å². The Morgan fingerprint density at radius 3 is 2.39 bits per heavy atom. The van der Waals surface area contributed by atoms with Crippen LogP contribution in [0.1, 0.15) is 21.7 Å². The highest BCUT2D eigenvalue weighted by Gasteiger charge is 2.22. The van der Waals surface area contributed by atoms with Crippen LogP contribution in [0.2, 0.25) is 0 Å². The van der Waals surface area contributed by atoms with E-state index in [1.807, 2.05) is 49.1 Å². The summed E-state index contributed by atoms with van der Waals surface area (Å²) in [6.45, 7) is 7.31. The predicted octanol–water partition coefficient (Wildman–Crippen LogP) is 2.15. The van der Waals surface area contributed by atoms with Crippen molar-refractivity contribution in [2.24, 2.45) is 0 Å². The zero-order chi connectivity index (χ0) is 16.4. The van der Waals surface area contributed by atoms with Crippen molar-refractivity contribution < 1.29 is 9.53 Å². The van der Waals surface area contributed by atoms with Crippen LogP contribution in [0.4, 0.5) is 0 Å². The molecule has 0 radical (unpaired) electrons. The number of aromatic nitrogens is 1. The van der Waals surface area contributed by atoms with Gasteiger partial charge in [-0.05, 0) is 44.2 Å². The molecule has 1 aliphatic heterocycles. The summed E-state index contributed by atoms with van der Waals surface area (Å²) in [6, 6.07) is 9.89. The molecule has 1 amide bonds. The standard InChI is InChI=1S/C18H23N3O2/c1-13-12-17(18(22)20-10-8-19-9-11-20)14(2)21(13)15-4-6-16(23-3)7-5-15/h4-7,12,19H,8-11H2,1-3H3. The Kier molecular flexibility index (Phi) is 4.39. The molecule has 5 heteroatoms. The number of nitrogens with zero attached hydrogens (tertiary/aromatic N) is 2. The van der Waals surface area contributed by atoms with Crippen LogP contribution in [0.15, 0.2) is 30.3 Å². The SMILES string of the molecule is COc1ccc(-n2c(C)cc(C(=O)N3CCNCC3)c2C)cc1. The molecule has 0 aliphatic carbocycles. The number of hydrogen-bond acceptors (Lipinski definition) is 3. The lowest BCUT2D eigenvalue weighted by atomic mass is 10.2. The van der Waals surface area contributed by atoms with Crippen molar-refractivity contribution in [2.75, 3.05) is 33.3 Å². The molecule has 0 saturated carbocycles. The molecule has 1 aliphatic rings. The second-order valence-electron chi connectivity index (χ2n) is 5.86. The smallest absolute Gasteiger partial charge is 0.255 e. The molecule has 23 heavy (non-hydrogen) atoms. The second kappa shape index (κ2) is 6.46. The van der Waals surface area contributed by atoms with E-state index in [0.29, 0.717) is 0 Å². The van der Waals surface area contributed by atoms with Crippen LogP contribution in [-0.4, -0.2) is 48.7 Å². The third kappa shape index (κ3) is 2.97. The zero-order valence-electron chi connectivity index (χ0n) is 13.9. The number of amides is 1. The van der Waals surface area contributed by atoms with Gasteiger partial charge in [-0.3, -0.25) is 4.79 Å². The van der Waals surface area contributed by atoms with Crippen LogP contribution in [-0.2, 0) is 0 Å². The molecule has 122 valence electrons. The molecule has 3 rings (SSSR count). The van der Waals surface area contributed by atoms with Gasteiger partial charge in [0.2, 0.25) is 0 Å². The molecule has 0 atom stereocenters. The van der Waals surface area contributed by atoms with Gasteiger partial charge in [-0.1, -0.05) is 0 Å². The minimum atomic E-state index is 0.124. The Bertz CT molecular complexity index is 698. The van der Waals surface area contributed by atoms with Gasteiger partial charge in [-0.25, -0.2) is 0 Å². The zero-order valence-corrected chi connectivity index (χ0v) is 13.9. The van der Waals surface area contributed by atoms with E-state index < -0.39 is 0 Å². The Morgan fingerprint density at radius 2 is 1.78 bits per heavy atom. The van der Waals surface area contributed by atoms with Gasteiger partial charge in [0.05, 0.1) is 12.7 Å². The summed E-state index contributed by atoms with van der Waals surface area (Å²) in [5, 5.41) is 3.28. The van der Waals surface area contributed by atoms with E-state index in [0.717, 1.165) is 54.6 Å². The molecule has 1 aromatic heterocycles. The first-order chi connectivity index (χ1) is 11.1. The third-order valence-electron chi connectivity index (χ3n) is 4.40. The minimum absolute atomic E-state index is 0.124. The Morgan fingerprint density at radius 1 is 1.13 bits per heavy atom. The minimum Gasteiger partial charge on any atom is -0.497 e. The number of carbonyl (C=O) groups excluding carboxylic acids is 1. The number of hydrogen-bond donors (Lipinski definition) is 1. The number of piperazine rings is 1. The molecule has 2 heterocycles. The van der Waals surface area contributed by atoms with E-state index in [1.54, 1.807) is 7.11 Å². The van der Waals surface area contributed by atoms with Gasteiger partial charge in [0, 0.05) is 43.3 Å². The number of nitrogens with one attached hydrogen (secondary N) is 1. The molecule has 0 unspecified atom stereocenters. The van der Waals surface area contributed by atoms with Gasteiger partial charge >= 0.3 is 0 Å². The first-order valence-electron chi connectivity index (χ1n) is 7.95. The first-order valence-corrected chi connectivity index (χ1v) is 7.95. The van der Waals surface area contributed by atoms with E-state index in [9.17, 15) is 4.79 Å². The van der Waals surface area contributed by atoms with Crippen LogP contribution in [0.5, 0.6) is 5.75 Å². The maximum atomic E-state index is 12.8. The van der Waals surface area contributed by atoms with Gasteiger partial charge in [0.25, 0.3) is 5.91 Å². The highest BCUT2D eigenvalue weighted by atomic mass is 16.5. The largest absolute Gasteiger partial charge is 0.497 e. The number of carbonyl (C=O) groups is 1. The fourth-order valence-electron chi connectivity index (χ4n) is 3.15. The van der Waals surface area contributed by atoms with Crippen molar-refractivity contribution in [3.8, 4) is 11.4 Å². The summed E-state index contributed by atoms with van der Waals surface area (Å²) in [4.78, 5) is 14.7. The lowest BCUT2D eigenvalue weighted by Crippen LogP contribution is -2.46. The van der Waals surface area contributed by atoms with Gasteiger partial charge in [-0.15, -0.1) is 0 Å². The van der Waals surface area contributed by atoms with Gasteiger partial charge < -0.3 is 19.5 Å². The molecular formula is C18H23N3O2. The van der Waals surface area contributed by atoms with Crippen LogP contribution in [0.3, 0.4) is 0 Å². The molecule has 1 aromatic carbocycles. The van der Waals surface area contributed by atoms with Gasteiger partial charge in [0.15, 0.2) is 0 Å². The quantitative estimate of drug-likeness (QED) is 0.944. The molecule has 5 nitrogen and oxygen atoms in total. The van der Waals surface area contributed by atoms with Crippen molar-refractivity contribution in [3.63, 3.8) is 0 Å². The summed E-state index contributed by atoms with van der Waals surface area (Å²) in [6.07, 6.45) is 0. The molecular weight excluding hydrogens is 290 g/mol. The summed E-state index contributed by atoms with van der Waals surface area (Å²) in [7, 11) is 1.66. The fourth-order valence-corrected chi connectivity index (χ4v) is 3.15. The normalized spacial score (nSPS) is 14.8. The van der Waals surface area contributed by atoms with Crippen molar-refractivity contribution >= 4 is 5.91 Å². The van der Waals surface area contributed by atoms with Crippen LogP contribution in [0.25, 0.3) is 5.69 Å². The fraction of sp³-hybridized carbons (Fsp3) is 0.389. The van der Waals surface area contributed by atoms with Crippen LogP contribution in [0, 0.1) is 13.8 Å². The second-order valence-corrected chi connectivity index (χ2v) is 5.86. The molecule has 1 saturated heterocycles. The van der Waals surface area contributed by atoms with E-state index in [4.69, 9.17) is 4.74 Å². The third-order valence-corrected chi connectivity index (χ3v) is 4.40. The van der Waals surface area contributed by atoms with Gasteiger partial charge in [0.1, 0.15) is 5.75 Å². The molecule has 0 spiro atoms. The summed E-state index contributed by atoms with van der Waals surface area (Å²) < 4.78 is 7.33. The maximum absolute atomic E-state index is 12.8. The predicted molar refractivity (Wildman–Crippen MR) is 90.6 cm³/mol. The van der Waals surface area contributed by atoms with Crippen molar-refractivity contribution in [1.82, 2.24) is 14.8 Å². The maximum Gasteiger partial charge on any atom is 0.255 e. The first kappa shape index (κ1) is 15.6. The number of ether oxygens (including phenoxy) is 1. The summed E-state index contributed by atoms with van der Waals surface area (Å²) >= 11 is 0. The van der Waals surface area contributed by atoms with E-state index in [2.05, 4.69) is 9.88 Å².